The van der Waals surface area contributed by atoms with Crippen LogP contribution in [0.5, 0.6) is 0 Å². The summed E-state index contributed by atoms with van der Waals surface area (Å²) in [6, 6.07) is 2.51. The van der Waals surface area contributed by atoms with Crippen LogP contribution in [0, 0.1) is 6.92 Å². The van der Waals surface area contributed by atoms with Crippen LogP contribution in [0.25, 0.3) is 0 Å². The molecule has 4 nitrogen and oxygen atoms in total. The first-order valence-corrected chi connectivity index (χ1v) is 6.12. The van der Waals surface area contributed by atoms with Gasteiger partial charge in [0.05, 0.1) is 0 Å². The van der Waals surface area contributed by atoms with Crippen molar-refractivity contribution in [2.45, 2.75) is 51.5 Å². The quantitative estimate of drug-likeness (QED) is 0.752. The van der Waals surface area contributed by atoms with Gasteiger partial charge in [-0.05, 0) is 19.8 Å². The molecule has 1 aliphatic carbocycles. The first kappa shape index (κ1) is 11.2. The molecule has 3 N–H and O–H groups in total. The summed E-state index contributed by atoms with van der Waals surface area (Å²) in [7, 11) is 0. The number of aryl methyl sites for hydroxylation is 1. The topological polar surface area (TPSA) is 63.8 Å². The molecule has 88 valence electrons. The molecule has 1 aliphatic rings. The maximum atomic E-state index is 5.63. The highest BCUT2D eigenvalue weighted by Crippen LogP contribution is 2.20. The van der Waals surface area contributed by atoms with E-state index in [2.05, 4.69) is 15.3 Å². The lowest BCUT2D eigenvalue weighted by Crippen LogP contribution is -2.19. The van der Waals surface area contributed by atoms with Crippen LogP contribution in [0.2, 0.25) is 0 Å². The summed E-state index contributed by atoms with van der Waals surface area (Å²) in [4.78, 5) is 8.29. The molecule has 0 spiro atoms. The van der Waals surface area contributed by atoms with Crippen LogP contribution >= 0.6 is 0 Å². The molecule has 0 aromatic carbocycles. The summed E-state index contributed by atoms with van der Waals surface area (Å²) in [6.45, 7) is 1.94. The molecule has 1 aromatic rings. The van der Waals surface area contributed by atoms with Crippen molar-refractivity contribution in [1.82, 2.24) is 9.97 Å². The zero-order valence-corrected chi connectivity index (χ0v) is 9.87. The van der Waals surface area contributed by atoms with Crippen molar-refractivity contribution in [2.24, 2.45) is 0 Å². The number of rotatable bonds is 2. The molecule has 4 heteroatoms. The SMILES string of the molecule is Cc1cc(NC2CCCCCC2)nc(N)n1. The predicted octanol–water partition coefficient (Wildman–Crippen LogP) is 2.50. The average Bonchev–Trinajstić information content (AvgIpc) is 2.44. The summed E-state index contributed by atoms with van der Waals surface area (Å²) < 4.78 is 0. The maximum absolute atomic E-state index is 5.63. The molecule has 0 radical (unpaired) electrons. The Labute approximate surface area is 96.7 Å². The normalized spacial score (nSPS) is 18.1. The Bertz CT molecular complexity index is 323. The van der Waals surface area contributed by atoms with E-state index in [-0.39, 0.29) is 0 Å². The Kier molecular flexibility index (Phi) is 3.59. The zero-order valence-electron chi connectivity index (χ0n) is 9.87. The summed E-state index contributed by atoms with van der Waals surface area (Å²) in [5.41, 5.74) is 6.55. The molecular formula is C12H20N4. The van der Waals surface area contributed by atoms with Crippen molar-refractivity contribution in [3.8, 4) is 0 Å². The molecule has 0 saturated heterocycles. The number of nitrogen functional groups attached to an aromatic ring is 1. The van der Waals surface area contributed by atoms with Crippen molar-refractivity contribution in [3.63, 3.8) is 0 Å². The van der Waals surface area contributed by atoms with Crippen molar-refractivity contribution < 1.29 is 0 Å². The Hall–Kier alpha value is -1.32. The van der Waals surface area contributed by atoms with Crippen LogP contribution in [0.15, 0.2) is 6.07 Å². The third-order valence-corrected chi connectivity index (χ3v) is 3.08. The number of nitrogens with two attached hydrogens (primary N) is 1. The van der Waals surface area contributed by atoms with Crippen LogP contribution < -0.4 is 11.1 Å². The van der Waals surface area contributed by atoms with Crippen molar-refractivity contribution in [2.75, 3.05) is 11.1 Å². The van der Waals surface area contributed by atoms with Gasteiger partial charge in [-0.25, -0.2) is 4.98 Å². The summed E-state index contributed by atoms with van der Waals surface area (Å²) in [5.74, 6) is 1.23. The molecule has 0 atom stereocenters. The Balaban J connectivity index is 2.01. The second-order valence-electron chi connectivity index (χ2n) is 4.59. The van der Waals surface area contributed by atoms with E-state index in [0.717, 1.165) is 11.5 Å². The van der Waals surface area contributed by atoms with Gasteiger partial charge in [-0.2, -0.15) is 4.98 Å². The molecule has 1 saturated carbocycles. The maximum Gasteiger partial charge on any atom is 0.222 e. The van der Waals surface area contributed by atoms with Gasteiger partial charge in [-0.15, -0.1) is 0 Å². The third-order valence-electron chi connectivity index (χ3n) is 3.08. The molecule has 1 aromatic heterocycles. The molecule has 1 fully saturated rings. The Morgan fingerprint density at radius 1 is 1.19 bits per heavy atom. The largest absolute Gasteiger partial charge is 0.368 e. The first-order chi connectivity index (χ1) is 7.74. The van der Waals surface area contributed by atoms with Crippen LogP contribution in [-0.2, 0) is 0 Å². The minimum atomic E-state index is 0.358. The lowest BCUT2D eigenvalue weighted by atomic mass is 10.1. The van der Waals surface area contributed by atoms with Gasteiger partial charge in [0.15, 0.2) is 0 Å². The van der Waals surface area contributed by atoms with Gasteiger partial charge < -0.3 is 11.1 Å². The minimum absolute atomic E-state index is 0.358. The van der Waals surface area contributed by atoms with Crippen LogP contribution in [0.3, 0.4) is 0 Å². The van der Waals surface area contributed by atoms with Crippen molar-refractivity contribution in [3.05, 3.63) is 11.8 Å². The average molecular weight is 220 g/mol. The first-order valence-electron chi connectivity index (χ1n) is 6.12. The van der Waals surface area contributed by atoms with E-state index in [1.807, 2.05) is 13.0 Å². The lowest BCUT2D eigenvalue weighted by molar-refractivity contribution is 0.617. The Morgan fingerprint density at radius 3 is 2.50 bits per heavy atom. The highest BCUT2D eigenvalue weighted by Gasteiger charge is 2.12. The molecular weight excluding hydrogens is 200 g/mol. The molecule has 0 bridgehead atoms. The fraction of sp³-hybridized carbons (Fsp3) is 0.667. The van der Waals surface area contributed by atoms with Crippen LogP contribution in [0.4, 0.5) is 11.8 Å². The standard InChI is InChI=1S/C12H20N4/c1-9-8-11(16-12(13)14-9)15-10-6-4-2-3-5-7-10/h8,10H,2-7H2,1H3,(H3,13,14,15,16). The number of nitrogens with one attached hydrogen (secondary N) is 1. The number of anilines is 2. The molecule has 1 heterocycles. The van der Waals surface area contributed by atoms with E-state index in [4.69, 9.17) is 5.73 Å². The fourth-order valence-electron chi connectivity index (χ4n) is 2.30. The summed E-state index contributed by atoms with van der Waals surface area (Å²) in [5, 5.41) is 3.47. The fourth-order valence-corrected chi connectivity index (χ4v) is 2.30. The molecule has 0 aliphatic heterocycles. The van der Waals surface area contributed by atoms with Crippen LogP contribution in [-0.4, -0.2) is 16.0 Å². The third kappa shape index (κ3) is 3.08. The minimum Gasteiger partial charge on any atom is -0.368 e. The molecule has 2 rings (SSSR count). The zero-order chi connectivity index (χ0) is 11.4. The van der Waals surface area contributed by atoms with Gasteiger partial charge in [0, 0.05) is 17.8 Å². The second kappa shape index (κ2) is 5.14. The smallest absolute Gasteiger partial charge is 0.222 e. The van der Waals surface area contributed by atoms with Crippen molar-refractivity contribution >= 4 is 11.8 Å². The predicted molar refractivity (Wildman–Crippen MR) is 66.3 cm³/mol. The number of hydrogen-bond acceptors (Lipinski definition) is 4. The van der Waals surface area contributed by atoms with Gasteiger partial charge >= 0.3 is 0 Å². The molecule has 0 unspecified atom stereocenters. The number of hydrogen-bond donors (Lipinski definition) is 2. The number of nitrogens with zero attached hydrogens (tertiary/aromatic N) is 2. The van der Waals surface area contributed by atoms with Crippen molar-refractivity contribution in [1.29, 1.82) is 0 Å². The van der Waals surface area contributed by atoms with Gasteiger partial charge in [0.2, 0.25) is 5.95 Å². The Morgan fingerprint density at radius 2 is 1.88 bits per heavy atom. The summed E-state index contributed by atoms with van der Waals surface area (Å²) in [6.07, 6.45) is 7.84. The summed E-state index contributed by atoms with van der Waals surface area (Å²) >= 11 is 0. The van der Waals surface area contributed by atoms with Gasteiger partial charge in [0.25, 0.3) is 0 Å². The van der Waals surface area contributed by atoms with E-state index in [9.17, 15) is 0 Å². The molecule has 16 heavy (non-hydrogen) atoms. The van der Waals surface area contributed by atoms with Gasteiger partial charge in [0.1, 0.15) is 5.82 Å². The van der Waals surface area contributed by atoms with E-state index < -0.39 is 0 Å². The number of aromatic nitrogens is 2. The highest BCUT2D eigenvalue weighted by molar-refractivity contribution is 5.41. The van der Waals surface area contributed by atoms with E-state index >= 15 is 0 Å². The van der Waals surface area contributed by atoms with E-state index in [1.165, 1.54) is 38.5 Å². The van der Waals surface area contributed by atoms with E-state index in [1.54, 1.807) is 0 Å². The van der Waals surface area contributed by atoms with E-state index in [0.29, 0.717) is 12.0 Å². The second-order valence-corrected chi connectivity index (χ2v) is 4.59. The molecule has 0 amide bonds. The highest BCUT2D eigenvalue weighted by atomic mass is 15.1. The van der Waals surface area contributed by atoms with Gasteiger partial charge in [-0.1, -0.05) is 25.7 Å². The van der Waals surface area contributed by atoms with Crippen LogP contribution in [0.1, 0.15) is 44.2 Å². The lowest BCUT2D eigenvalue weighted by Gasteiger charge is -2.17. The van der Waals surface area contributed by atoms with Gasteiger partial charge in [-0.3, -0.25) is 0 Å². The monoisotopic (exact) mass is 220 g/mol.